The average Bonchev–Trinajstić information content (AvgIpc) is 3.19. The van der Waals surface area contributed by atoms with Crippen molar-refractivity contribution in [1.82, 2.24) is 5.32 Å². The molecule has 0 spiro atoms. The van der Waals surface area contributed by atoms with Crippen LogP contribution in [0.25, 0.3) is 0 Å². The first-order chi connectivity index (χ1) is 9.38. The number of hydrogen-bond acceptors (Lipinski definition) is 2. The molecule has 3 N–H and O–H groups in total. The van der Waals surface area contributed by atoms with Crippen LogP contribution in [0, 0.1) is 11.3 Å². The zero-order valence-electron chi connectivity index (χ0n) is 12.6. The minimum Gasteiger partial charge on any atom is -0.354 e. The van der Waals surface area contributed by atoms with Gasteiger partial charge in [-0.15, -0.1) is 12.4 Å². The zero-order chi connectivity index (χ0) is 14.8. The molecule has 1 aromatic carbocycles. The molecule has 0 heterocycles. The molecule has 118 valence electrons. The molecule has 1 aromatic rings. The lowest BCUT2D eigenvalue weighted by atomic mass is 9.84. The van der Waals surface area contributed by atoms with Crippen molar-refractivity contribution in [1.29, 1.82) is 0 Å². The average molecular weight is 331 g/mol. The molecule has 3 nitrogen and oxygen atoms in total. The molecule has 1 atom stereocenters. The minimum absolute atomic E-state index is 0. The van der Waals surface area contributed by atoms with Gasteiger partial charge in [0.15, 0.2) is 0 Å². The fourth-order valence-corrected chi connectivity index (χ4v) is 2.59. The van der Waals surface area contributed by atoms with E-state index in [1.54, 1.807) is 0 Å². The van der Waals surface area contributed by atoms with E-state index in [0.29, 0.717) is 23.9 Å². The topological polar surface area (TPSA) is 55.1 Å². The lowest BCUT2D eigenvalue weighted by molar-refractivity contribution is -0.129. The van der Waals surface area contributed by atoms with Crippen molar-refractivity contribution in [2.24, 2.45) is 17.1 Å². The summed E-state index contributed by atoms with van der Waals surface area (Å²) in [5.74, 6) is 0.653. The van der Waals surface area contributed by atoms with Gasteiger partial charge in [-0.2, -0.15) is 0 Å². The number of halogens is 2. The number of rotatable bonds is 6. The van der Waals surface area contributed by atoms with E-state index >= 15 is 0 Å². The van der Waals surface area contributed by atoms with E-state index in [1.165, 1.54) is 12.8 Å². The Morgan fingerprint density at radius 1 is 1.48 bits per heavy atom. The van der Waals surface area contributed by atoms with Crippen molar-refractivity contribution >= 4 is 29.9 Å². The van der Waals surface area contributed by atoms with E-state index in [4.69, 9.17) is 17.3 Å². The summed E-state index contributed by atoms with van der Waals surface area (Å²) in [4.78, 5) is 12.3. The Balaban J connectivity index is 0.00000220. The Morgan fingerprint density at radius 3 is 2.71 bits per heavy atom. The summed E-state index contributed by atoms with van der Waals surface area (Å²) >= 11 is 5.98. The third kappa shape index (κ3) is 5.50. The zero-order valence-corrected chi connectivity index (χ0v) is 14.1. The third-order valence-electron chi connectivity index (χ3n) is 3.88. The number of benzene rings is 1. The molecule has 21 heavy (non-hydrogen) atoms. The lowest BCUT2D eigenvalue weighted by Crippen LogP contribution is -2.44. The van der Waals surface area contributed by atoms with Crippen LogP contribution >= 0.6 is 24.0 Å². The molecule has 0 saturated heterocycles. The predicted octanol–water partition coefficient (Wildman–Crippen LogP) is 3.18. The third-order valence-corrected chi connectivity index (χ3v) is 4.11. The van der Waals surface area contributed by atoms with Gasteiger partial charge in [0, 0.05) is 23.0 Å². The molecular weight excluding hydrogens is 307 g/mol. The van der Waals surface area contributed by atoms with Crippen molar-refractivity contribution in [3.05, 3.63) is 34.9 Å². The monoisotopic (exact) mass is 330 g/mol. The Kier molecular flexibility index (Phi) is 6.51. The molecule has 1 fully saturated rings. The normalized spacial score (nSPS) is 16.0. The van der Waals surface area contributed by atoms with Crippen LogP contribution in [0.3, 0.4) is 0 Å². The van der Waals surface area contributed by atoms with Gasteiger partial charge in [-0.05, 0) is 42.9 Å². The molecule has 5 heteroatoms. The molecule has 1 aliphatic carbocycles. The molecule has 0 aromatic heterocycles. The largest absolute Gasteiger partial charge is 0.354 e. The fourth-order valence-electron chi connectivity index (χ4n) is 2.38. The summed E-state index contributed by atoms with van der Waals surface area (Å²) in [5, 5.41) is 3.69. The molecule has 1 aliphatic rings. The van der Waals surface area contributed by atoms with Crippen molar-refractivity contribution < 1.29 is 4.79 Å². The molecule has 1 saturated carbocycles. The van der Waals surface area contributed by atoms with Gasteiger partial charge in [0.2, 0.25) is 5.91 Å². The van der Waals surface area contributed by atoms with E-state index in [1.807, 2.05) is 38.1 Å². The summed E-state index contributed by atoms with van der Waals surface area (Å²) < 4.78 is 0. The molecule has 0 aliphatic heterocycles. The number of amides is 1. The van der Waals surface area contributed by atoms with E-state index < -0.39 is 5.41 Å². The van der Waals surface area contributed by atoms with Gasteiger partial charge in [-0.25, -0.2) is 0 Å². The first kappa shape index (κ1) is 18.3. The highest BCUT2D eigenvalue weighted by Crippen LogP contribution is 2.31. The molecule has 1 amide bonds. The second kappa shape index (κ2) is 7.48. The molecular formula is C16H24Cl2N2O. The van der Waals surface area contributed by atoms with Crippen molar-refractivity contribution in [3.63, 3.8) is 0 Å². The van der Waals surface area contributed by atoms with Crippen molar-refractivity contribution in [2.45, 2.75) is 39.2 Å². The van der Waals surface area contributed by atoms with Crippen LogP contribution in [0.1, 0.15) is 32.3 Å². The van der Waals surface area contributed by atoms with Gasteiger partial charge in [0.25, 0.3) is 0 Å². The predicted molar refractivity (Wildman–Crippen MR) is 89.9 cm³/mol. The highest BCUT2D eigenvalue weighted by atomic mass is 35.5. The molecule has 0 bridgehead atoms. The van der Waals surface area contributed by atoms with E-state index in [0.717, 1.165) is 5.56 Å². The summed E-state index contributed by atoms with van der Waals surface area (Å²) in [5.41, 5.74) is 6.62. The lowest BCUT2D eigenvalue weighted by Gasteiger charge is -2.25. The molecule has 0 radical (unpaired) electrons. The van der Waals surface area contributed by atoms with Crippen LogP contribution in [0.15, 0.2) is 24.3 Å². The van der Waals surface area contributed by atoms with Gasteiger partial charge < -0.3 is 11.1 Å². The maximum atomic E-state index is 12.3. The number of carbonyl (C=O) groups excluding carboxylic acids is 1. The van der Waals surface area contributed by atoms with Crippen molar-refractivity contribution in [2.75, 3.05) is 6.54 Å². The Morgan fingerprint density at radius 2 is 2.14 bits per heavy atom. The summed E-state index contributed by atoms with van der Waals surface area (Å²) in [6.45, 7) is 4.47. The highest BCUT2D eigenvalue weighted by Gasteiger charge is 2.31. The maximum absolute atomic E-state index is 12.3. The van der Waals surface area contributed by atoms with Crippen LogP contribution in [-0.4, -0.2) is 18.5 Å². The van der Waals surface area contributed by atoms with Crippen LogP contribution in [-0.2, 0) is 11.2 Å². The summed E-state index contributed by atoms with van der Waals surface area (Å²) in [7, 11) is 0. The van der Waals surface area contributed by atoms with E-state index in [2.05, 4.69) is 5.32 Å². The number of nitrogens with two attached hydrogens (primary N) is 1. The second-order valence-corrected chi connectivity index (χ2v) is 6.84. The smallest absolute Gasteiger partial charge is 0.226 e. The Hall–Kier alpha value is -0.770. The van der Waals surface area contributed by atoms with Gasteiger partial charge >= 0.3 is 0 Å². The van der Waals surface area contributed by atoms with Gasteiger partial charge in [-0.1, -0.05) is 37.6 Å². The molecule has 1 unspecified atom stereocenters. The SMILES string of the molecule is CC(C)(Cc1cccc(Cl)c1)C(=O)NCC(N)C1CC1.Cl. The van der Waals surface area contributed by atoms with Gasteiger partial charge in [0.05, 0.1) is 0 Å². The van der Waals surface area contributed by atoms with Crippen LogP contribution < -0.4 is 11.1 Å². The number of hydrogen-bond donors (Lipinski definition) is 2. The summed E-state index contributed by atoms with van der Waals surface area (Å²) in [6, 6.07) is 7.76. The highest BCUT2D eigenvalue weighted by molar-refractivity contribution is 6.30. The van der Waals surface area contributed by atoms with Crippen molar-refractivity contribution in [3.8, 4) is 0 Å². The number of carbonyl (C=O) groups is 1. The van der Waals surface area contributed by atoms with E-state index in [-0.39, 0.29) is 24.4 Å². The second-order valence-electron chi connectivity index (χ2n) is 6.40. The number of nitrogens with one attached hydrogen (secondary N) is 1. The minimum atomic E-state index is -0.464. The van der Waals surface area contributed by atoms with Crippen LogP contribution in [0.2, 0.25) is 5.02 Å². The first-order valence-electron chi connectivity index (χ1n) is 7.17. The van der Waals surface area contributed by atoms with Crippen LogP contribution in [0.5, 0.6) is 0 Å². The Bertz CT molecular complexity index is 487. The van der Waals surface area contributed by atoms with E-state index in [9.17, 15) is 4.79 Å². The summed E-state index contributed by atoms with van der Waals surface area (Å²) in [6.07, 6.45) is 3.06. The molecule has 2 rings (SSSR count). The van der Waals surface area contributed by atoms with Gasteiger partial charge in [0.1, 0.15) is 0 Å². The first-order valence-corrected chi connectivity index (χ1v) is 7.54. The van der Waals surface area contributed by atoms with Gasteiger partial charge in [-0.3, -0.25) is 4.79 Å². The maximum Gasteiger partial charge on any atom is 0.226 e. The Labute approximate surface area is 138 Å². The van der Waals surface area contributed by atoms with Crippen LogP contribution in [0.4, 0.5) is 0 Å². The quantitative estimate of drug-likeness (QED) is 0.841. The fraction of sp³-hybridized carbons (Fsp3) is 0.562. The standard InChI is InChI=1S/C16H23ClN2O.ClH/c1-16(2,9-11-4-3-5-13(17)8-11)15(20)19-10-14(18)12-6-7-12;/h3-5,8,12,14H,6-7,9-10,18H2,1-2H3,(H,19,20);1H.